The van der Waals surface area contributed by atoms with E-state index >= 15 is 0 Å². The summed E-state index contributed by atoms with van der Waals surface area (Å²) in [6, 6.07) is 14.3. The number of aryl methyl sites for hydroxylation is 4. The predicted molar refractivity (Wildman–Crippen MR) is 135 cm³/mol. The second-order valence-corrected chi connectivity index (χ2v) is 8.83. The lowest BCUT2D eigenvalue weighted by Gasteiger charge is -2.36. The van der Waals surface area contributed by atoms with Crippen LogP contribution in [-0.4, -0.2) is 47.1 Å². The Hall–Kier alpha value is -3.41. The molecule has 0 bridgehead atoms. The summed E-state index contributed by atoms with van der Waals surface area (Å²) in [6.45, 7) is 13.2. The van der Waals surface area contributed by atoms with E-state index in [1.807, 2.05) is 43.0 Å². The highest BCUT2D eigenvalue weighted by Crippen LogP contribution is 2.27. The number of hydrogen-bond acceptors (Lipinski definition) is 4. The summed E-state index contributed by atoms with van der Waals surface area (Å²) < 4.78 is 0. The minimum atomic E-state index is -0.0397. The molecule has 1 aliphatic heterocycles. The summed E-state index contributed by atoms with van der Waals surface area (Å²) in [5, 5.41) is 3.11. The van der Waals surface area contributed by atoms with E-state index in [1.165, 1.54) is 11.1 Å². The van der Waals surface area contributed by atoms with E-state index in [2.05, 4.69) is 49.2 Å². The number of rotatable bonds is 4. The summed E-state index contributed by atoms with van der Waals surface area (Å²) >= 11 is 0. The molecule has 0 unspecified atom stereocenters. The van der Waals surface area contributed by atoms with Crippen molar-refractivity contribution in [2.24, 2.45) is 0 Å². The molecular formula is C27H33N5O. The average Bonchev–Trinajstić information content (AvgIpc) is 2.81. The molecule has 1 N–H and O–H groups in total. The van der Waals surface area contributed by atoms with Gasteiger partial charge in [0.2, 0.25) is 0 Å². The molecule has 0 atom stereocenters. The summed E-state index contributed by atoms with van der Waals surface area (Å²) in [4.78, 5) is 26.9. The van der Waals surface area contributed by atoms with Gasteiger partial charge in [-0.15, -0.1) is 0 Å². The van der Waals surface area contributed by atoms with Crippen LogP contribution in [0.1, 0.15) is 34.9 Å². The summed E-state index contributed by atoms with van der Waals surface area (Å²) in [5.74, 6) is 1.76. The minimum Gasteiger partial charge on any atom is -0.353 e. The van der Waals surface area contributed by atoms with E-state index in [4.69, 9.17) is 9.97 Å². The molecule has 4 rings (SSSR count). The standard InChI is InChI=1S/C27H33N5O/c1-6-23-21(5)28-25(22-12-7-9-18(2)17-22)30-26(23)31-13-15-32(16-14-31)27(33)29-24-19(3)10-8-11-20(24)4/h7-12,17H,6,13-16H2,1-5H3,(H,29,33). The number of piperazine rings is 1. The van der Waals surface area contributed by atoms with Gasteiger partial charge in [-0.3, -0.25) is 0 Å². The van der Waals surface area contributed by atoms with Crippen molar-refractivity contribution in [1.29, 1.82) is 0 Å². The highest BCUT2D eigenvalue weighted by molar-refractivity contribution is 5.91. The van der Waals surface area contributed by atoms with Crippen LogP contribution in [0, 0.1) is 27.7 Å². The number of aromatic nitrogens is 2. The third kappa shape index (κ3) is 4.85. The Bertz CT molecular complexity index is 1140. The van der Waals surface area contributed by atoms with Gasteiger partial charge in [-0.05, 0) is 51.3 Å². The molecule has 2 heterocycles. The molecule has 6 nitrogen and oxygen atoms in total. The lowest BCUT2D eigenvalue weighted by Crippen LogP contribution is -2.50. The number of anilines is 2. The third-order valence-corrected chi connectivity index (χ3v) is 6.40. The van der Waals surface area contributed by atoms with Gasteiger partial charge in [-0.25, -0.2) is 14.8 Å². The molecule has 3 aromatic rings. The maximum atomic E-state index is 12.9. The van der Waals surface area contributed by atoms with E-state index in [0.717, 1.165) is 59.2 Å². The molecule has 0 radical (unpaired) electrons. The largest absolute Gasteiger partial charge is 0.353 e. The van der Waals surface area contributed by atoms with E-state index in [9.17, 15) is 4.79 Å². The van der Waals surface area contributed by atoms with Crippen molar-refractivity contribution >= 4 is 17.5 Å². The van der Waals surface area contributed by atoms with Crippen molar-refractivity contribution in [1.82, 2.24) is 14.9 Å². The van der Waals surface area contributed by atoms with Gasteiger partial charge in [0.25, 0.3) is 0 Å². The average molecular weight is 444 g/mol. The van der Waals surface area contributed by atoms with Gasteiger partial charge >= 0.3 is 6.03 Å². The minimum absolute atomic E-state index is 0.0397. The smallest absolute Gasteiger partial charge is 0.321 e. The van der Waals surface area contributed by atoms with Gasteiger partial charge in [0.15, 0.2) is 5.82 Å². The Morgan fingerprint density at radius 1 is 0.939 bits per heavy atom. The number of amides is 2. The zero-order chi connectivity index (χ0) is 23.5. The Kier molecular flexibility index (Phi) is 6.63. The van der Waals surface area contributed by atoms with Crippen LogP contribution in [0.5, 0.6) is 0 Å². The molecule has 1 saturated heterocycles. The van der Waals surface area contributed by atoms with Crippen molar-refractivity contribution < 1.29 is 4.79 Å². The Balaban J connectivity index is 1.52. The van der Waals surface area contributed by atoms with E-state index in [-0.39, 0.29) is 6.03 Å². The second-order valence-electron chi connectivity index (χ2n) is 8.83. The first-order valence-electron chi connectivity index (χ1n) is 11.7. The van der Waals surface area contributed by atoms with Crippen molar-refractivity contribution in [3.05, 3.63) is 70.4 Å². The quantitative estimate of drug-likeness (QED) is 0.595. The van der Waals surface area contributed by atoms with Crippen molar-refractivity contribution in [3.8, 4) is 11.4 Å². The Morgan fingerprint density at radius 3 is 2.24 bits per heavy atom. The molecule has 0 spiro atoms. The molecular weight excluding hydrogens is 410 g/mol. The number of para-hydroxylation sites is 1. The van der Waals surface area contributed by atoms with Gasteiger partial charge < -0.3 is 15.1 Å². The molecule has 172 valence electrons. The maximum absolute atomic E-state index is 12.9. The van der Waals surface area contributed by atoms with Crippen molar-refractivity contribution in [3.63, 3.8) is 0 Å². The number of benzene rings is 2. The first kappa shape index (κ1) is 22.8. The summed E-state index contributed by atoms with van der Waals surface area (Å²) in [6.07, 6.45) is 0.878. The molecule has 6 heteroatoms. The van der Waals surface area contributed by atoms with E-state index < -0.39 is 0 Å². The van der Waals surface area contributed by atoms with Crippen molar-refractivity contribution in [2.45, 2.75) is 41.0 Å². The van der Waals surface area contributed by atoms with Crippen LogP contribution in [0.2, 0.25) is 0 Å². The van der Waals surface area contributed by atoms with Crippen LogP contribution in [0.4, 0.5) is 16.3 Å². The molecule has 2 amide bonds. The fourth-order valence-corrected chi connectivity index (χ4v) is 4.49. The third-order valence-electron chi connectivity index (χ3n) is 6.40. The Morgan fingerprint density at radius 2 is 1.61 bits per heavy atom. The van der Waals surface area contributed by atoms with Crippen LogP contribution in [-0.2, 0) is 6.42 Å². The fourth-order valence-electron chi connectivity index (χ4n) is 4.49. The van der Waals surface area contributed by atoms with Gasteiger partial charge in [0, 0.05) is 48.7 Å². The lowest BCUT2D eigenvalue weighted by atomic mass is 10.1. The normalized spacial score (nSPS) is 13.8. The number of nitrogens with one attached hydrogen (secondary N) is 1. The predicted octanol–water partition coefficient (Wildman–Crippen LogP) is 5.29. The number of nitrogens with zero attached hydrogens (tertiary/aromatic N) is 4. The van der Waals surface area contributed by atoms with Gasteiger partial charge in [-0.1, -0.05) is 48.9 Å². The Labute approximate surface area is 196 Å². The summed E-state index contributed by atoms with van der Waals surface area (Å²) in [7, 11) is 0. The van der Waals surface area contributed by atoms with Gasteiger partial charge in [0.1, 0.15) is 5.82 Å². The highest BCUT2D eigenvalue weighted by atomic mass is 16.2. The molecule has 0 aliphatic carbocycles. The first-order chi connectivity index (χ1) is 15.9. The van der Waals surface area contributed by atoms with Crippen LogP contribution in [0.3, 0.4) is 0 Å². The maximum Gasteiger partial charge on any atom is 0.321 e. The number of carbonyl (C=O) groups is 1. The molecule has 2 aromatic carbocycles. The second kappa shape index (κ2) is 9.61. The van der Waals surface area contributed by atoms with Gasteiger partial charge in [-0.2, -0.15) is 0 Å². The van der Waals surface area contributed by atoms with Crippen molar-refractivity contribution in [2.75, 3.05) is 36.4 Å². The lowest BCUT2D eigenvalue weighted by molar-refractivity contribution is 0.208. The van der Waals surface area contributed by atoms with Crippen LogP contribution >= 0.6 is 0 Å². The fraction of sp³-hybridized carbons (Fsp3) is 0.370. The molecule has 0 saturated carbocycles. The zero-order valence-electron chi connectivity index (χ0n) is 20.3. The monoisotopic (exact) mass is 443 g/mol. The topological polar surface area (TPSA) is 61.4 Å². The number of hydrogen-bond donors (Lipinski definition) is 1. The molecule has 1 fully saturated rings. The molecule has 1 aliphatic rings. The first-order valence-corrected chi connectivity index (χ1v) is 11.7. The molecule has 33 heavy (non-hydrogen) atoms. The molecule has 1 aromatic heterocycles. The van der Waals surface area contributed by atoms with E-state index in [0.29, 0.717) is 13.1 Å². The number of carbonyl (C=O) groups excluding carboxylic acids is 1. The number of urea groups is 1. The summed E-state index contributed by atoms with van der Waals surface area (Å²) in [5.41, 5.74) is 7.50. The van der Waals surface area contributed by atoms with Crippen LogP contribution in [0.25, 0.3) is 11.4 Å². The van der Waals surface area contributed by atoms with Crippen LogP contribution < -0.4 is 10.2 Å². The van der Waals surface area contributed by atoms with E-state index in [1.54, 1.807) is 0 Å². The SMILES string of the molecule is CCc1c(C)nc(-c2cccc(C)c2)nc1N1CCN(C(=O)Nc2c(C)cccc2C)CC1. The highest BCUT2D eigenvalue weighted by Gasteiger charge is 2.25. The van der Waals surface area contributed by atoms with Crippen LogP contribution in [0.15, 0.2) is 42.5 Å². The zero-order valence-corrected chi connectivity index (χ0v) is 20.3. The van der Waals surface area contributed by atoms with Gasteiger partial charge in [0.05, 0.1) is 0 Å².